The number of likely N-dealkylation sites (N-methyl/N-ethyl adjacent to an activating group) is 1. The smallest absolute Gasteiger partial charge is 0.132 e. The summed E-state index contributed by atoms with van der Waals surface area (Å²) in [7, 11) is 0. The van der Waals surface area contributed by atoms with Crippen LogP contribution < -0.4 is 10.2 Å². The average Bonchev–Trinajstić information content (AvgIpc) is 2.72. The molecular formula is C11H18N4. The highest BCUT2D eigenvalue weighted by Crippen LogP contribution is 2.16. The second kappa shape index (κ2) is 4.57. The number of nitrogens with zero attached hydrogens (tertiary/aromatic N) is 3. The van der Waals surface area contributed by atoms with E-state index in [4.69, 9.17) is 0 Å². The van der Waals surface area contributed by atoms with E-state index in [1.54, 1.807) is 0 Å². The van der Waals surface area contributed by atoms with Crippen molar-refractivity contribution in [3.8, 4) is 0 Å². The van der Waals surface area contributed by atoms with Crippen molar-refractivity contribution in [2.75, 3.05) is 24.5 Å². The zero-order chi connectivity index (χ0) is 10.7. The van der Waals surface area contributed by atoms with E-state index in [9.17, 15) is 0 Å². The van der Waals surface area contributed by atoms with Gasteiger partial charge in [0.25, 0.3) is 0 Å². The molecule has 0 aliphatic carbocycles. The molecule has 82 valence electrons. The molecule has 4 heteroatoms. The number of anilines is 1. The first kappa shape index (κ1) is 10.4. The van der Waals surface area contributed by atoms with Gasteiger partial charge in [-0.1, -0.05) is 0 Å². The summed E-state index contributed by atoms with van der Waals surface area (Å²) in [5.74, 6) is 1.90. The molecule has 1 saturated heterocycles. The molecule has 2 heterocycles. The highest BCUT2D eigenvalue weighted by molar-refractivity contribution is 5.39. The van der Waals surface area contributed by atoms with Crippen LogP contribution in [0.5, 0.6) is 0 Å². The lowest BCUT2D eigenvalue weighted by molar-refractivity contribution is 0.638. The summed E-state index contributed by atoms with van der Waals surface area (Å²) in [6.45, 7) is 7.30. The second-order valence-corrected chi connectivity index (χ2v) is 3.89. The third kappa shape index (κ3) is 2.26. The van der Waals surface area contributed by atoms with Crippen LogP contribution in [0.25, 0.3) is 0 Å². The molecule has 1 aromatic rings. The molecule has 4 nitrogen and oxygen atoms in total. The highest BCUT2D eigenvalue weighted by Gasteiger charge is 2.22. The van der Waals surface area contributed by atoms with E-state index in [0.29, 0.717) is 6.04 Å². The molecule has 1 fully saturated rings. The fourth-order valence-electron chi connectivity index (χ4n) is 2.12. The summed E-state index contributed by atoms with van der Waals surface area (Å²) < 4.78 is 0. The minimum atomic E-state index is 0.587. The van der Waals surface area contributed by atoms with E-state index < -0.39 is 0 Å². The molecule has 0 aromatic carbocycles. The first-order valence-electron chi connectivity index (χ1n) is 5.58. The molecule has 1 aliphatic rings. The van der Waals surface area contributed by atoms with Crippen LogP contribution in [0.1, 0.15) is 19.2 Å². The number of aryl methyl sites for hydroxylation is 1. The molecule has 0 radical (unpaired) electrons. The van der Waals surface area contributed by atoms with E-state index in [1.165, 1.54) is 6.42 Å². The Morgan fingerprint density at radius 2 is 2.47 bits per heavy atom. The van der Waals surface area contributed by atoms with Crippen LogP contribution in [0.3, 0.4) is 0 Å². The van der Waals surface area contributed by atoms with Crippen molar-refractivity contribution in [2.45, 2.75) is 26.3 Å². The molecule has 1 aromatic heterocycles. The van der Waals surface area contributed by atoms with Gasteiger partial charge in [0.05, 0.1) is 0 Å². The van der Waals surface area contributed by atoms with Gasteiger partial charge in [-0.05, 0) is 32.9 Å². The summed E-state index contributed by atoms with van der Waals surface area (Å²) in [6, 6.07) is 2.58. The molecular weight excluding hydrogens is 188 g/mol. The van der Waals surface area contributed by atoms with Gasteiger partial charge >= 0.3 is 0 Å². The van der Waals surface area contributed by atoms with Crippen LogP contribution in [0.2, 0.25) is 0 Å². The Bertz CT molecular complexity index is 320. The molecule has 1 atom stereocenters. The number of nitrogens with one attached hydrogen (secondary N) is 1. The van der Waals surface area contributed by atoms with Crippen LogP contribution in [-0.4, -0.2) is 35.6 Å². The Morgan fingerprint density at radius 1 is 1.60 bits per heavy atom. The van der Waals surface area contributed by atoms with Gasteiger partial charge in [-0.2, -0.15) is 0 Å². The fourth-order valence-corrected chi connectivity index (χ4v) is 2.12. The number of rotatable bonds is 3. The molecule has 0 amide bonds. The minimum absolute atomic E-state index is 0.587. The summed E-state index contributed by atoms with van der Waals surface area (Å²) in [4.78, 5) is 11.0. The van der Waals surface area contributed by atoms with Crippen molar-refractivity contribution in [1.82, 2.24) is 15.3 Å². The van der Waals surface area contributed by atoms with E-state index >= 15 is 0 Å². The molecule has 2 rings (SSSR count). The number of aromatic nitrogens is 2. The van der Waals surface area contributed by atoms with E-state index in [2.05, 4.69) is 27.1 Å². The van der Waals surface area contributed by atoms with Crippen LogP contribution in [0.4, 0.5) is 5.82 Å². The van der Waals surface area contributed by atoms with E-state index in [0.717, 1.165) is 31.3 Å². The van der Waals surface area contributed by atoms with Gasteiger partial charge in [0, 0.05) is 25.3 Å². The lowest BCUT2D eigenvalue weighted by Gasteiger charge is -2.28. The third-order valence-electron chi connectivity index (χ3n) is 2.87. The topological polar surface area (TPSA) is 41.1 Å². The molecule has 1 unspecified atom stereocenters. The first-order chi connectivity index (χ1) is 7.31. The molecule has 0 saturated carbocycles. The maximum Gasteiger partial charge on any atom is 0.132 e. The third-order valence-corrected chi connectivity index (χ3v) is 2.87. The Labute approximate surface area is 90.7 Å². The summed E-state index contributed by atoms with van der Waals surface area (Å²) in [5.41, 5.74) is 0. The van der Waals surface area contributed by atoms with Crippen molar-refractivity contribution < 1.29 is 0 Å². The van der Waals surface area contributed by atoms with Crippen molar-refractivity contribution in [1.29, 1.82) is 0 Å². The molecule has 1 N–H and O–H groups in total. The van der Waals surface area contributed by atoms with Gasteiger partial charge in [0.15, 0.2) is 0 Å². The van der Waals surface area contributed by atoms with E-state index in [1.807, 2.05) is 19.2 Å². The lowest BCUT2D eigenvalue weighted by Crippen LogP contribution is -2.37. The monoisotopic (exact) mass is 206 g/mol. The van der Waals surface area contributed by atoms with Crippen molar-refractivity contribution >= 4 is 5.82 Å². The molecule has 1 aliphatic heterocycles. The van der Waals surface area contributed by atoms with Gasteiger partial charge in [-0.3, -0.25) is 0 Å². The quantitative estimate of drug-likeness (QED) is 0.800. The van der Waals surface area contributed by atoms with E-state index in [-0.39, 0.29) is 0 Å². The molecule has 0 spiro atoms. The predicted molar refractivity (Wildman–Crippen MR) is 61.1 cm³/mol. The zero-order valence-corrected chi connectivity index (χ0v) is 9.40. The van der Waals surface area contributed by atoms with Crippen LogP contribution in [0, 0.1) is 6.92 Å². The fraction of sp³-hybridized carbons (Fsp3) is 0.636. The summed E-state index contributed by atoms with van der Waals surface area (Å²) in [5, 5.41) is 3.39. The Kier molecular flexibility index (Phi) is 3.16. The van der Waals surface area contributed by atoms with Gasteiger partial charge in [-0.15, -0.1) is 0 Å². The van der Waals surface area contributed by atoms with Crippen molar-refractivity contribution in [3.63, 3.8) is 0 Å². The second-order valence-electron chi connectivity index (χ2n) is 3.89. The first-order valence-corrected chi connectivity index (χ1v) is 5.58. The Morgan fingerprint density at radius 3 is 3.07 bits per heavy atom. The average molecular weight is 206 g/mol. The van der Waals surface area contributed by atoms with Gasteiger partial charge < -0.3 is 10.2 Å². The number of hydrogen-bond acceptors (Lipinski definition) is 4. The van der Waals surface area contributed by atoms with Crippen molar-refractivity contribution in [3.05, 3.63) is 18.1 Å². The van der Waals surface area contributed by atoms with Crippen molar-refractivity contribution in [2.24, 2.45) is 0 Å². The van der Waals surface area contributed by atoms with Crippen LogP contribution >= 0.6 is 0 Å². The maximum absolute atomic E-state index is 4.48. The zero-order valence-electron chi connectivity index (χ0n) is 9.40. The van der Waals surface area contributed by atoms with Gasteiger partial charge in [0.2, 0.25) is 0 Å². The predicted octanol–water partition coefficient (Wildman–Crippen LogP) is 0.973. The highest BCUT2D eigenvalue weighted by atomic mass is 15.2. The lowest BCUT2D eigenvalue weighted by atomic mass is 10.2. The normalized spacial score (nSPS) is 20.5. The summed E-state index contributed by atoms with van der Waals surface area (Å²) >= 11 is 0. The minimum Gasteiger partial charge on any atom is -0.352 e. The van der Waals surface area contributed by atoms with Crippen LogP contribution in [0.15, 0.2) is 12.3 Å². The number of hydrogen-bond donors (Lipinski definition) is 1. The Hall–Kier alpha value is -1.16. The maximum atomic E-state index is 4.48. The Balaban J connectivity index is 2.18. The standard InChI is InChI=1S/C11H18N4/c1-3-15(10-4-6-12-8-10)11-5-7-13-9(2)14-11/h5,7,10,12H,3-4,6,8H2,1-2H3. The molecule has 0 bridgehead atoms. The van der Waals surface area contributed by atoms with Gasteiger partial charge in [-0.25, -0.2) is 9.97 Å². The SMILES string of the molecule is CCN(c1ccnc(C)n1)C1CCNC1. The molecule has 15 heavy (non-hydrogen) atoms. The summed E-state index contributed by atoms with van der Waals surface area (Å²) in [6.07, 6.45) is 3.04. The van der Waals surface area contributed by atoms with Crippen LogP contribution in [-0.2, 0) is 0 Å². The van der Waals surface area contributed by atoms with Gasteiger partial charge in [0.1, 0.15) is 11.6 Å². The largest absolute Gasteiger partial charge is 0.352 e.